The minimum Gasteiger partial charge on any atom is -0.269 e. The third kappa shape index (κ3) is 2.23. The third-order valence-electron chi connectivity index (χ3n) is 2.06. The molecular weight excluding hydrogens is 310 g/mol. The molecule has 16 heavy (non-hydrogen) atoms. The van der Waals surface area contributed by atoms with Gasteiger partial charge in [0.25, 0.3) is 11.1 Å². The smallest absolute Gasteiger partial charge is 0.269 e. The van der Waals surface area contributed by atoms with Crippen molar-refractivity contribution in [2.45, 2.75) is 6.92 Å². The highest BCUT2D eigenvalue weighted by Gasteiger charge is 2.33. The van der Waals surface area contributed by atoms with Crippen molar-refractivity contribution in [3.05, 3.63) is 25.7 Å². The Labute approximate surface area is 110 Å². The Morgan fingerprint density at radius 1 is 1.44 bits per heavy atom. The van der Waals surface area contributed by atoms with Crippen LogP contribution in [0, 0.1) is 0 Å². The van der Waals surface area contributed by atoms with Crippen molar-refractivity contribution < 1.29 is 9.59 Å². The van der Waals surface area contributed by atoms with E-state index in [1.807, 2.05) is 12.1 Å². The maximum atomic E-state index is 11.8. The van der Waals surface area contributed by atoms with Gasteiger partial charge in [-0.25, -0.2) is 0 Å². The number of carbonyl (C=O) groups excluding carboxylic acids is 2. The number of nitrogens with zero attached hydrogens (tertiary/aromatic N) is 1. The quantitative estimate of drug-likeness (QED) is 0.782. The van der Waals surface area contributed by atoms with E-state index >= 15 is 0 Å². The van der Waals surface area contributed by atoms with Gasteiger partial charge in [0.2, 0.25) is 0 Å². The lowest BCUT2D eigenvalue weighted by Crippen LogP contribution is -2.27. The minimum absolute atomic E-state index is 0.186. The maximum Gasteiger partial charge on any atom is 0.293 e. The molecule has 0 saturated carbocycles. The van der Waals surface area contributed by atoms with E-state index in [2.05, 4.69) is 15.9 Å². The monoisotopic (exact) mass is 317 g/mol. The number of thioether (sulfide) groups is 1. The first kappa shape index (κ1) is 11.9. The van der Waals surface area contributed by atoms with Gasteiger partial charge in [-0.3, -0.25) is 14.5 Å². The molecule has 1 fully saturated rings. The molecule has 0 aromatic carbocycles. The number of imide groups is 1. The molecule has 6 heteroatoms. The molecule has 0 N–H and O–H groups in total. The zero-order valence-corrected chi connectivity index (χ0v) is 11.6. The SMILES string of the molecule is CCN1C(=O)S/C(=C/c2ccc(Br)s2)C1=O. The molecule has 0 atom stereocenters. The van der Waals surface area contributed by atoms with Gasteiger partial charge in [0.1, 0.15) is 0 Å². The molecule has 0 unspecified atom stereocenters. The Bertz CT molecular complexity index is 481. The number of carbonyl (C=O) groups is 2. The third-order valence-corrected chi connectivity index (χ3v) is 4.54. The highest BCUT2D eigenvalue weighted by molar-refractivity contribution is 9.11. The molecular formula is C10H8BrNO2S2. The second-order valence-corrected chi connectivity index (χ2v) is 6.56. The Hall–Kier alpha value is -0.590. The van der Waals surface area contributed by atoms with Crippen molar-refractivity contribution in [2.24, 2.45) is 0 Å². The van der Waals surface area contributed by atoms with Gasteiger partial charge in [-0.2, -0.15) is 0 Å². The van der Waals surface area contributed by atoms with Gasteiger partial charge < -0.3 is 0 Å². The molecule has 1 aromatic rings. The molecule has 1 saturated heterocycles. The number of halogens is 1. The summed E-state index contributed by atoms with van der Waals surface area (Å²) in [4.78, 5) is 25.9. The Balaban J connectivity index is 2.27. The average molecular weight is 318 g/mol. The topological polar surface area (TPSA) is 37.4 Å². The van der Waals surface area contributed by atoms with E-state index in [4.69, 9.17) is 0 Å². The lowest BCUT2D eigenvalue weighted by atomic mass is 10.4. The van der Waals surface area contributed by atoms with E-state index in [0.717, 1.165) is 20.4 Å². The van der Waals surface area contributed by atoms with E-state index in [1.54, 1.807) is 13.0 Å². The van der Waals surface area contributed by atoms with Gasteiger partial charge in [0.15, 0.2) is 0 Å². The summed E-state index contributed by atoms with van der Waals surface area (Å²) in [5.74, 6) is -0.193. The zero-order valence-electron chi connectivity index (χ0n) is 8.40. The van der Waals surface area contributed by atoms with E-state index in [-0.39, 0.29) is 11.1 Å². The highest BCUT2D eigenvalue weighted by atomic mass is 79.9. The molecule has 2 amide bonds. The molecule has 0 aliphatic carbocycles. The highest BCUT2D eigenvalue weighted by Crippen LogP contribution is 2.33. The van der Waals surface area contributed by atoms with Crippen LogP contribution in [0.25, 0.3) is 6.08 Å². The van der Waals surface area contributed by atoms with Crippen LogP contribution in [0.3, 0.4) is 0 Å². The zero-order chi connectivity index (χ0) is 11.7. The average Bonchev–Trinajstić information content (AvgIpc) is 2.74. The van der Waals surface area contributed by atoms with Crippen LogP contribution in [0.15, 0.2) is 20.8 Å². The van der Waals surface area contributed by atoms with Crippen molar-refractivity contribution >= 4 is 56.3 Å². The lowest BCUT2D eigenvalue weighted by Gasteiger charge is -2.06. The van der Waals surface area contributed by atoms with Gasteiger partial charge in [-0.1, -0.05) is 0 Å². The van der Waals surface area contributed by atoms with Crippen molar-refractivity contribution in [1.82, 2.24) is 4.90 Å². The summed E-state index contributed by atoms with van der Waals surface area (Å²) in [5.41, 5.74) is 0. The molecule has 1 aliphatic heterocycles. The van der Waals surface area contributed by atoms with Gasteiger partial charge in [0, 0.05) is 11.4 Å². The fraction of sp³-hybridized carbons (Fsp3) is 0.200. The normalized spacial score (nSPS) is 18.9. The molecule has 84 valence electrons. The first-order valence-electron chi connectivity index (χ1n) is 4.62. The van der Waals surface area contributed by atoms with Crippen LogP contribution in [-0.4, -0.2) is 22.6 Å². The van der Waals surface area contributed by atoms with Gasteiger partial charge in [-0.05, 0) is 52.8 Å². The Morgan fingerprint density at radius 2 is 2.19 bits per heavy atom. The Kier molecular flexibility index (Phi) is 3.51. The fourth-order valence-electron chi connectivity index (χ4n) is 1.31. The van der Waals surface area contributed by atoms with E-state index < -0.39 is 0 Å². The summed E-state index contributed by atoms with van der Waals surface area (Å²) in [6.07, 6.45) is 1.76. The van der Waals surface area contributed by atoms with E-state index in [0.29, 0.717) is 11.4 Å². The summed E-state index contributed by atoms with van der Waals surface area (Å²) in [6.45, 7) is 2.22. The first-order chi connectivity index (χ1) is 7.61. The standard InChI is InChI=1S/C10H8BrNO2S2/c1-2-12-9(13)7(16-10(12)14)5-6-3-4-8(11)15-6/h3-5H,2H2,1H3/b7-5+. The number of likely N-dealkylation sites (N-methyl/N-ethyl adjacent to an activating group) is 1. The predicted molar refractivity (Wildman–Crippen MR) is 70.4 cm³/mol. The van der Waals surface area contributed by atoms with Gasteiger partial charge >= 0.3 is 0 Å². The lowest BCUT2D eigenvalue weighted by molar-refractivity contribution is -0.122. The number of rotatable bonds is 2. The van der Waals surface area contributed by atoms with Crippen LogP contribution in [-0.2, 0) is 4.79 Å². The second-order valence-electron chi connectivity index (χ2n) is 3.07. The molecule has 0 spiro atoms. The van der Waals surface area contributed by atoms with Crippen molar-refractivity contribution in [2.75, 3.05) is 6.54 Å². The molecule has 0 bridgehead atoms. The molecule has 1 aliphatic rings. The van der Waals surface area contributed by atoms with Crippen LogP contribution in [0.5, 0.6) is 0 Å². The molecule has 0 radical (unpaired) electrons. The fourth-order valence-corrected chi connectivity index (χ4v) is 3.64. The molecule has 2 rings (SSSR count). The summed E-state index contributed by atoms with van der Waals surface area (Å²) in [7, 11) is 0. The van der Waals surface area contributed by atoms with Crippen molar-refractivity contribution in [3.8, 4) is 0 Å². The van der Waals surface area contributed by atoms with Crippen LogP contribution < -0.4 is 0 Å². The molecule has 1 aromatic heterocycles. The first-order valence-corrected chi connectivity index (χ1v) is 7.05. The summed E-state index contributed by atoms with van der Waals surface area (Å²) in [6, 6.07) is 3.83. The van der Waals surface area contributed by atoms with E-state index in [1.165, 1.54) is 16.2 Å². The molecule has 2 heterocycles. The number of amides is 2. The van der Waals surface area contributed by atoms with Gasteiger partial charge in [-0.15, -0.1) is 11.3 Å². The van der Waals surface area contributed by atoms with Crippen LogP contribution >= 0.6 is 39.0 Å². The predicted octanol–water partition coefficient (Wildman–Crippen LogP) is 3.57. The summed E-state index contributed by atoms with van der Waals surface area (Å²) >= 11 is 5.89. The second kappa shape index (κ2) is 4.73. The number of hydrogen-bond donors (Lipinski definition) is 0. The van der Waals surface area contributed by atoms with Crippen LogP contribution in [0.1, 0.15) is 11.8 Å². The van der Waals surface area contributed by atoms with Crippen molar-refractivity contribution in [3.63, 3.8) is 0 Å². The van der Waals surface area contributed by atoms with Crippen LogP contribution in [0.2, 0.25) is 0 Å². The largest absolute Gasteiger partial charge is 0.293 e. The number of hydrogen-bond acceptors (Lipinski definition) is 4. The van der Waals surface area contributed by atoms with E-state index in [9.17, 15) is 9.59 Å². The minimum atomic E-state index is -0.193. The summed E-state index contributed by atoms with van der Waals surface area (Å²) < 4.78 is 1.01. The van der Waals surface area contributed by atoms with Gasteiger partial charge in [0.05, 0.1) is 8.69 Å². The Morgan fingerprint density at radius 3 is 2.69 bits per heavy atom. The summed E-state index contributed by atoms with van der Waals surface area (Å²) in [5, 5.41) is -0.186. The van der Waals surface area contributed by atoms with Crippen molar-refractivity contribution in [1.29, 1.82) is 0 Å². The van der Waals surface area contributed by atoms with Crippen LogP contribution in [0.4, 0.5) is 4.79 Å². The maximum absolute atomic E-state index is 11.8. The molecule has 3 nitrogen and oxygen atoms in total. The number of thiophene rings is 1.